The monoisotopic (exact) mass is 300 g/mol. The Hall–Kier alpha value is -1.30. The summed E-state index contributed by atoms with van der Waals surface area (Å²) in [6.07, 6.45) is 5.87. The van der Waals surface area contributed by atoms with Gasteiger partial charge in [-0.15, -0.1) is 0 Å². The van der Waals surface area contributed by atoms with Crippen LogP contribution in [0.4, 0.5) is 0 Å². The van der Waals surface area contributed by atoms with Gasteiger partial charge in [-0.1, -0.05) is 62.9 Å². The van der Waals surface area contributed by atoms with Crippen LogP contribution in [-0.2, 0) is 4.43 Å². The van der Waals surface area contributed by atoms with Gasteiger partial charge in [0.2, 0.25) is 0 Å². The van der Waals surface area contributed by atoms with E-state index in [2.05, 4.69) is 57.8 Å². The number of benzene rings is 1. The summed E-state index contributed by atoms with van der Waals surface area (Å²) in [4.78, 5) is 0. The third-order valence-electron chi connectivity index (χ3n) is 3.98. The number of allylic oxidation sites excluding steroid dienone is 1. The van der Waals surface area contributed by atoms with Crippen molar-refractivity contribution in [3.8, 4) is 11.8 Å². The van der Waals surface area contributed by atoms with Crippen LogP contribution in [0.15, 0.2) is 36.4 Å². The first kappa shape index (κ1) is 17.7. The van der Waals surface area contributed by atoms with Gasteiger partial charge in [0, 0.05) is 13.0 Å². The summed E-state index contributed by atoms with van der Waals surface area (Å²) in [5, 5.41) is 0.289. The molecular weight excluding hydrogens is 272 g/mol. The maximum atomic E-state index is 6.12. The molecule has 1 nitrogen and oxygen atoms in total. The van der Waals surface area contributed by atoms with E-state index in [0.29, 0.717) is 0 Å². The van der Waals surface area contributed by atoms with Crippen molar-refractivity contribution in [2.75, 3.05) is 6.61 Å². The molecule has 21 heavy (non-hydrogen) atoms. The minimum Gasteiger partial charge on any atom is -0.417 e. The van der Waals surface area contributed by atoms with Gasteiger partial charge < -0.3 is 4.43 Å². The van der Waals surface area contributed by atoms with Crippen molar-refractivity contribution in [1.29, 1.82) is 0 Å². The van der Waals surface area contributed by atoms with Gasteiger partial charge in [-0.2, -0.15) is 0 Å². The Balaban J connectivity index is 2.24. The summed E-state index contributed by atoms with van der Waals surface area (Å²) in [6, 6.07) is 10.2. The van der Waals surface area contributed by atoms with Gasteiger partial charge >= 0.3 is 0 Å². The maximum absolute atomic E-state index is 6.12. The lowest BCUT2D eigenvalue weighted by molar-refractivity contribution is 0.284. The zero-order chi connectivity index (χ0) is 15.8. The van der Waals surface area contributed by atoms with Crippen LogP contribution in [-0.4, -0.2) is 14.9 Å². The smallest absolute Gasteiger partial charge is 0.191 e. The van der Waals surface area contributed by atoms with Gasteiger partial charge in [0.15, 0.2) is 8.32 Å². The van der Waals surface area contributed by atoms with Gasteiger partial charge in [-0.3, -0.25) is 0 Å². The Bertz CT molecular complexity index is 498. The molecule has 1 aromatic rings. The Kier molecular flexibility index (Phi) is 6.94. The Morgan fingerprint density at radius 3 is 2.43 bits per heavy atom. The maximum Gasteiger partial charge on any atom is 0.191 e. The molecule has 0 aromatic heterocycles. The van der Waals surface area contributed by atoms with E-state index in [1.54, 1.807) is 0 Å². The lowest BCUT2D eigenvalue weighted by Crippen LogP contribution is -2.40. The molecule has 0 heterocycles. The normalized spacial score (nSPS) is 12.2. The highest BCUT2D eigenvalue weighted by atomic mass is 28.4. The predicted octanol–water partition coefficient (Wildman–Crippen LogP) is 5.51. The zero-order valence-corrected chi connectivity index (χ0v) is 15.1. The Morgan fingerprint density at radius 1 is 1.14 bits per heavy atom. The largest absolute Gasteiger partial charge is 0.417 e. The molecule has 0 atom stereocenters. The molecule has 0 aliphatic carbocycles. The SMILES string of the molecule is CC(C)(C)[Si](C)(C)OCCCC#C/C=C/c1ccccc1. The molecule has 0 aliphatic heterocycles. The number of hydrogen-bond donors (Lipinski definition) is 0. The van der Waals surface area contributed by atoms with Crippen LogP contribution < -0.4 is 0 Å². The van der Waals surface area contributed by atoms with Crippen molar-refractivity contribution in [1.82, 2.24) is 0 Å². The molecule has 0 saturated heterocycles. The Labute approximate surface area is 131 Å². The van der Waals surface area contributed by atoms with Crippen LogP contribution in [0.2, 0.25) is 18.1 Å². The van der Waals surface area contributed by atoms with Crippen LogP contribution in [0, 0.1) is 11.8 Å². The van der Waals surface area contributed by atoms with Crippen molar-refractivity contribution in [3.63, 3.8) is 0 Å². The van der Waals surface area contributed by atoms with E-state index in [0.717, 1.165) is 19.4 Å². The minimum atomic E-state index is -1.59. The molecular formula is C19H28OSi. The molecule has 1 rings (SSSR count). The summed E-state index contributed by atoms with van der Waals surface area (Å²) < 4.78 is 6.12. The van der Waals surface area contributed by atoms with Crippen molar-refractivity contribution in [3.05, 3.63) is 42.0 Å². The molecule has 0 unspecified atom stereocenters. The number of rotatable bonds is 5. The fourth-order valence-corrected chi connectivity index (χ4v) is 2.63. The Morgan fingerprint density at radius 2 is 1.81 bits per heavy atom. The van der Waals surface area contributed by atoms with Crippen LogP contribution in [0.1, 0.15) is 39.2 Å². The first-order valence-corrected chi connectivity index (χ1v) is 10.6. The molecule has 114 valence electrons. The summed E-state index contributed by atoms with van der Waals surface area (Å²) in [5.41, 5.74) is 1.19. The van der Waals surface area contributed by atoms with Gasteiger partial charge in [-0.05, 0) is 42.3 Å². The zero-order valence-electron chi connectivity index (χ0n) is 14.1. The molecule has 0 bridgehead atoms. The summed E-state index contributed by atoms with van der Waals surface area (Å²) in [6.45, 7) is 12.2. The van der Waals surface area contributed by atoms with Crippen LogP contribution in [0.3, 0.4) is 0 Å². The van der Waals surface area contributed by atoms with Crippen molar-refractivity contribution in [2.45, 2.75) is 51.7 Å². The predicted molar refractivity (Wildman–Crippen MR) is 95.6 cm³/mol. The quantitative estimate of drug-likeness (QED) is 0.396. The second-order valence-electron chi connectivity index (χ2n) is 6.78. The molecule has 0 N–H and O–H groups in total. The molecule has 0 fully saturated rings. The van der Waals surface area contributed by atoms with Crippen molar-refractivity contribution in [2.24, 2.45) is 0 Å². The fourth-order valence-electron chi connectivity index (χ4n) is 1.54. The van der Waals surface area contributed by atoms with Crippen molar-refractivity contribution >= 4 is 14.4 Å². The van der Waals surface area contributed by atoms with E-state index in [4.69, 9.17) is 4.43 Å². The van der Waals surface area contributed by atoms with E-state index < -0.39 is 8.32 Å². The van der Waals surface area contributed by atoms with Gasteiger partial charge in [-0.25, -0.2) is 0 Å². The summed E-state index contributed by atoms with van der Waals surface area (Å²) in [5.74, 6) is 6.27. The third-order valence-corrected chi connectivity index (χ3v) is 8.51. The molecule has 0 amide bonds. The van der Waals surface area contributed by atoms with Gasteiger partial charge in [0.05, 0.1) is 0 Å². The topological polar surface area (TPSA) is 9.23 Å². The van der Waals surface area contributed by atoms with Gasteiger partial charge in [0.1, 0.15) is 0 Å². The molecule has 0 saturated carbocycles. The van der Waals surface area contributed by atoms with Crippen LogP contribution in [0.5, 0.6) is 0 Å². The van der Waals surface area contributed by atoms with Gasteiger partial charge in [0.25, 0.3) is 0 Å². The highest BCUT2D eigenvalue weighted by Crippen LogP contribution is 2.36. The molecule has 0 spiro atoms. The fraction of sp³-hybridized carbons (Fsp3) is 0.474. The molecule has 0 radical (unpaired) electrons. The van der Waals surface area contributed by atoms with E-state index >= 15 is 0 Å². The van der Waals surface area contributed by atoms with E-state index in [1.165, 1.54) is 5.56 Å². The van der Waals surface area contributed by atoms with E-state index in [1.807, 2.05) is 30.4 Å². The number of unbranched alkanes of at least 4 members (excludes halogenated alkanes) is 1. The highest BCUT2D eigenvalue weighted by molar-refractivity contribution is 6.74. The molecule has 0 aliphatic rings. The van der Waals surface area contributed by atoms with Crippen LogP contribution >= 0.6 is 0 Å². The second-order valence-corrected chi connectivity index (χ2v) is 11.6. The van der Waals surface area contributed by atoms with Crippen LogP contribution in [0.25, 0.3) is 6.08 Å². The highest BCUT2D eigenvalue weighted by Gasteiger charge is 2.36. The summed E-state index contributed by atoms with van der Waals surface area (Å²) in [7, 11) is -1.59. The summed E-state index contributed by atoms with van der Waals surface area (Å²) >= 11 is 0. The standard InChI is InChI=1S/C19H28OSi/c1-19(2,3)21(4,5)20-17-13-8-6-7-10-14-18-15-11-9-12-16-18/h9-12,14-16H,8,13,17H2,1-5H3/b14-10+. The first-order valence-electron chi connectivity index (χ1n) is 7.67. The lowest BCUT2D eigenvalue weighted by atomic mass is 10.2. The third kappa shape index (κ3) is 6.79. The molecule has 1 aromatic carbocycles. The molecule has 2 heteroatoms. The van der Waals surface area contributed by atoms with Crippen molar-refractivity contribution < 1.29 is 4.43 Å². The average Bonchev–Trinajstić information content (AvgIpc) is 2.41. The van der Waals surface area contributed by atoms with E-state index in [-0.39, 0.29) is 5.04 Å². The number of hydrogen-bond acceptors (Lipinski definition) is 1. The lowest BCUT2D eigenvalue weighted by Gasteiger charge is -2.36. The minimum absolute atomic E-state index is 0.289. The average molecular weight is 301 g/mol. The van der Waals surface area contributed by atoms with E-state index in [9.17, 15) is 0 Å². The second kappa shape index (κ2) is 8.22. The first-order chi connectivity index (χ1) is 9.83.